The molecular formula is C17H24ClN5O. The maximum Gasteiger partial charge on any atom is 0.276 e. The van der Waals surface area contributed by atoms with Crippen LogP contribution >= 0.6 is 12.4 Å². The average molecular weight is 350 g/mol. The Morgan fingerprint density at radius 1 is 1.33 bits per heavy atom. The summed E-state index contributed by atoms with van der Waals surface area (Å²) in [5.74, 6) is -0.0265. The van der Waals surface area contributed by atoms with Crippen molar-refractivity contribution in [2.75, 3.05) is 20.1 Å². The van der Waals surface area contributed by atoms with Crippen molar-refractivity contribution in [3.63, 3.8) is 0 Å². The van der Waals surface area contributed by atoms with Crippen molar-refractivity contribution < 1.29 is 4.79 Å². The van der Waals surface area contributed by atoms with Crippen LogP contribution in [0.25, 0.3) is 5.69 Å². The van der Waals surface area contributed by atoms with Crippen molar-refractivity contribution in [2.45, 2.75) is 32.7 Å². The van der Waals surface area contributed by atoms with Gasteiger partial charge in [-0.15, -0.1) is 17.5 Å². The molecule has 7 heteroatoms. The first-order chi connectivity index (χ1) is 11.1. The summed E-state index contributed by atoms with van der Waals surface area (Å²) < 4.78 is 1.74. The van der Waals surface area contributed by atoms with Crippen molar-refractivity contribution in [1.29, 1.82) is 0 Å². The van der Waals surface area contributed by atoms with Crippen molar-refractivity contribution >= 4 is 18.3 Å². The second-order valence-electron chi connectivity index (χ2n) is 6.15. The van der Waals surface area contributed by atoms with Crippen molar-refractivity contribution in [2.24, 2.45) is 0 Å². The smallest absolute Gasteiger partial charge is 0.276 e. The third-order valence-electron chi connectivity index (χ3n) is 4.46. The molecule has 1 unspecified atom stereocenters. The van der Waals surface area contributed by atoms with Gasteiger partial charge in [0.25, 0.3) is 5.91 Å². The second-order valence-corrected chi connectivity index (χ2v) is 6.15. The molecule has 1 aromatic carbocycles. The quantitative estimate of drug-likeness (QED) is 0.922. The Hall–Kier alpha value is -1.92. The molecule has 1 atom stereocenters. The number of hydrogen-bond donors (Lipinski definition) is 1. The minimum atomic E-state index is -0.0265. The van der Waals surface area contributed by atoms with Gasteiger partial charge in [-0.25, -0.2) is 4.68 Å². The van der Waals surface area contributed by atoms with E-state index in [-0.39, 0.29) is 18.3 Å². The number of amides is 1. The van der Waals surface area contributed by atoms with Crippen LogP contribution in [0.2, 0.25) is 0 Å². The monoisotopic (exact) mass is 349 g/mol. The lowest BCUT2D eigenvalue weighted by Gasteiger charge is -2.32. The van der Waals surface area contributed by atoms with E-state index in [0.717, 1.165) is 42.9 Å². The minimum Gasteiger partial charge on any atom is -0.336 e. The Kier molecular flexibility index (Phi) is 5.96. The Bertz CT molecular complexity index is 715. The molecule has 1 fully saturated rings. The van der Waals surface area contributed by atoms with E-state index >= 15 is 0 Å². The number of carbonyl (C=O) groups excluding carboxylic acids is 1. The number of likely N-dealkylation sites (N-methyl/N-ethyl adjacent to an activating group) is 1. The van der Waals surface area contributed by atoms with Gasteiger partial charge in [-0.2, -0.15) is 0 Å². The number of aryl methyl sites for hydroxylation is 1. The predicted molar refractivity (Wildman–Crippen MR) is 96.1 cm³/mol. The van der Waals surface area contributed by atoms with E-state index in [4.69, 9.17) is 0 Å². The topological polar surface area (TPSA) is 63.1 Å². The summed E-state index contributed by atoms with van der Waals surface area (Å²) in [6.45, 7) is 5.45. The van der Waals surface area contributed by atoms with Crippen LogP contribution < -0.4 is 5.32 Å². The minimum absolute atomic E-state index is 0. The average Bonchev–Trinajstić information content (AvgIpc) is 2.96. The standard InChI is InChI=1S/C17H23N5O.ClH/c1-12-6-4-8-15(10-12)22-13(2)16(19-20-22)17(23)21-9-5-7-14(11-21)18-3;/h4,6,8,10,14,18H,5,7,9,11H2,1-3H3;1H. The molecule has 130 valence electrons. The summed E-state index contributed by atoms with van der Waals surface area (Å²) in [6.07, 6.45) is 2.12. The highest BCUT2D eigenvalue weighted by molar-refractivity contribution is 5.93. The number of rotatable bonds is 3. The summed E-state index contributed by atoms with van der Waals surface area (Å²) in [5, 5.41) is 11.6. The highest BCUT2D eigenvalue weighted by Crippen LogP contribution is 2.17. The van der Waals surface area contributed by atoms with Crippen molar-refractivity contribution in [1.82, 2.24) is 25.2 Å². The van der Waals surface area contributed by atoms with E-state index in [1.807, 2.05) is 50.1 Å². The molecule has 0 spiro atoms. The highest BCUT2D eigenvalue weighted by Gasteiger charge is 2.27. The van der Waals surface area contributed by atoms with Gasteiger partial charge < -0.3 is 10.2 Å². The highest BCUT2D eigenvalue weighted by atomic mass is 35.5. The zero-order valence-electron chi connectivity index (χ0n) is 14.3. The van der Waals surface area contributed by atoms with Crippen LogP contribution in [0.15, 0.2) is 24.3 Å². The summed E-state index contributed by atoms with van der Waals surface area (Å²) in [7, 11) is 1.94. The normalized spacial score (nSPS) is 17.5. The van der Waals surface area contributed by atoms with Crippen LogP contribution in [0.4, 0.5) is 0 Å². The molecular weight excluding hydrogens is 326 g/mol. The zero-order valence-corrected chi connectivity index (χ0v) is 15.1. The number of benzene rings is 1. The number of hydrogen-bond acceptors (Lipinski definition) is 4. The van der Waals surface area contributed by atoms with Crippen LogP contribution in [0.1, 0.15) is 34.6 Å². The number of nitrogens with one attached hydrogen (secondary N) is 1. The molecule has 0 radical (unpaired) electrons. The van der Waals surface area contributed by atoms with Gasteiger partial charge in [-0.3, -0.25) is 4.79 Å². The van der Waals surface area contributed by atoms with Crippen LogP contribution in [-0.2, 0) is 0 Å². The summed E-state index contributed by atoms with van der Waals surface area (Å²) in [4.78, 5) is 14.7. The first-order valence-electron chi connectivity index (χ1n) is 8.06. The van der Waals surface area contributed by atoms with Gasteiger partial charge in [0.1, 0.15) is 0 Å². The van der Waals surface area contributed by atoms with Gasteiger partial charge in [-0.05, 0) is 51.4 Å². The van der Waals surface area contributed by atoms with E-state index in [1.54, 1.807) is 4.68 Å². The van der Waals surface area contributed by atoms with Crippen LogP contribution in [0.5, 0.6) is 0 Å². The maximum atomic E-state index is 12.8. The SMILES string of the molecule is CNC1CCCN(C(=O)c2nnn(-c3cccc(C)c3)c2C)C1.Cl. The van der Waals surface area contributed by atoms with Crippen molar-refractivity contribution in [3.8, 4) is 5.69 Å². The number of nitrogens with zero attached hydrogens (tertiary/aromatic N) is 4. The molecule has 1 aromatic heterocycles. The molecule has 3 rings (SSSR count). The van der Waals surface area contributed by atoms with Gasteiger partial charge in [0.05, 0.1) is 11.4 Å². The molecule has 0 aliphatic carbocycles. The molecule has 0 bridgehead atoms. The van der Waals surface area contributed by atoms with Gasteiger partial charge >= 0.3 is 0 Å². The fraction of sp³-hybridized carbons (Fsp3) is 0.471. The van der Waals surface area contributed by atoms with Crippen molar-refractivity contribution in [3.05, 3.63) is 41.2 Å². The lowest BCUT2D eigenvalue weighted by atomic mass is 10.1. The molecule has 0 saturated carbocycles. The van der Waals surface area contributed by atoms with Crippen LogP contribution in [0.3, 0.4) is 0 Å². The Labute approximate surface area is 148 Å². The van der Waals surface area contributed by atoms with Gasteiger partial charge in [0, 0.05) is 19.1 Å². The van der Waals surface area contributed by atoms with Gasteiger partial charge in [0.2, 0.25) is 0 Å². The third kappa shape index (κ3) is 3.60. The number of piperidine rings is 1. The van der Waals surface area contributed by atoms with Gasteiger partial charge in [-0.1, -0.05) is 17.3 Å². The van der Waals surface area contributed by atoms with E-state index in [9.17, 15) is 4.79 Å². The first-order valence-corrected chi connectivity index (χ1v) is 8.06. The molecule has 24 heavy (non-hydrogen) atoms. The molecule has 1 aliphatic heterocycles. The first kappa shape index (κ1) is 18.4. The number of likely N-dealkylation sites (tertiary alicyclic amines) is 1. The maximum absolute atomic E-state index is 12.8. The van der Waals surface area contributed by atoms with Crippen LogP contribution in [0, 0.1) is 13.8 Å². The zero-order chi connectivity index (χ0) is 16.4. The lowest BCUT2D eigenvalue weighted by molar-refractivity contribution is 0.0691. The van der Waals surface area contributed by atoms with E-state index in [0.29, 0.717) is 11.7 Å². The Morgan fingerprint density at radius 3 is 2.83 bits per heavy atom. The summed E-state index contributed by atoms with van der Waals surface area (Å²) in [5.41, 5.74) is 3.31. The number of carbonyl (C=O) groups is 1. The molecule has 2 aromatic rings. The predicted octanol–water partition coefficient (Wildman–Crippen LogP) is 2.13. The van der Waals surface area contributed by atoms with Gasteiger partial charge in [0.15, 0.2) is 5.69 Å². The second kappa shape index (κ2) is 7.77. The molecule has 1 N–H and O–H groups in total. The fourth-order valence-corrected chi connectivity index (χ4v) is 3.08. The third-order valence-corrected chi connectivity index (χ3v) is 4.46. The fourth-order valence-electron chi connectivity index (χ4n) is 3.08. The molecule has 2 heterocycles. The number of aromatic nitrogens is 3. The Balaban J connectivity index is 0.00000208. The van der Waals surface area contributed by atoms with Crippen LogP contribution in [-0.4, -0.2) is 52.0 Å². The number of halogens is 1. The van der Waals surface area contributed by atoms with E-state index in [2.05, 4.69) is 15.6 Å². The summed E-state index contributed by atoms with van der Waals surface area (Å²) >= 11 is 0. The molecule has 1 saturated heterocycles. The van der Waals surface area contributed by atoms with E-state index < -0.39 is 0 Å². The molecule has 6 nitrogen and oxygen atoms in total. The Morgan fingerprint density at radius 2 is 2.12 bits per heavy atom. The molecule has 1 amide bonds. The van der Waals surface area contributed by atoms with E-state index in [1.165, 1.54) is 0 Å². The molecule has 1 aliphatic rings. The largest absolute Gasteiger partial charge is 0.336 e. The summed E-state index contributed by atoms with van der Waals surface area (Å²) in [6, 6.07) is 8.39. The lowest BCUT2D eigenvalue weighted by Crippen LogP contribution is -2.47.